The van der Waals surface area contributed by atoms with Crippen LogP contribution in [0.5, 0.6) is 0 Å². The highest BCUT2D eigenvalue weighted by Gasteiger charge is 1.70. The Labute approximate surface area is 72.0 Å². The van der Waals surface area contributed by atoms with Gasteiger partial charge in [0.1, 0.15) is 0 Å². The van der Waals surface area contributed by atoms with Gasteiger partial charge in [-0.3, -0.25) is 0 Å². The van der Waals surface area contributed by atoms with Crippen molar-refractivity contribution in [2.24, 2.45) is 0 Å². The molecule has 0 aliphatic heterocycles. The Morgan fingerprint density at radius 2 is 1.00 bits per heavy atom. The van der Waals surface area contributed by atoms with Gasteiger partial charge in [0.2, 0.25) is 0 Å². The maximum atomic E-state index is 8.56. The molecule has 3 nitrogen and oxygen atoms in total. The van der Waals surface area contributed by atoms with Crippen LogP contribution in [0.2, 0.25) is 0 Å². The summed E-state index contributed by atoms with van der Waals surface area (Å²) in [5, 5.41) is 13.9. The normalized spacial score (nSPS) is 3.43. The SMILES string of the molecule is Br.Br.Br.O=C(O)O. The molecule has 0 rings (SSSR count). The Kier molecular flexibility index (Phi) is 57.3. The molecule has 0 saturated heterocycles. The van der Waals surface area contributed by atoms with E-state index in [2.05, 4.69) is 0 Å². The first-order valence-corrected chi connectivity index (χ1v) is 0.651. The molecule has 0 spiro atoms. The van der Waals surface area contributed by atoms with Gasteiger partial charge >= 0.3 is 6.16 Å². The van der Waals surface area contributed by atoms with Crippen LogP contribution in [0.1, 0.15) is 0 Å². The Morgan fingerprint density at radius 3 is 1.00 bits per heavy atom. The topological polar surface area (TPSA) is 57.5 Å². The number of carboxylic acid groups (broad SMARTS) is 2. The molecule has 0 amide bonds. The van der Waals surface area contributed by atoms with Gasteiger partial charge in [0, 0.05) is 0 Å². The molecule has 0 aliphatic rings. The van der Waals surface area contributed by atoms with Crippen molar-refractivity contribution in [2.45, 2.75) is 0 Å². The van der Waals surface area contributed by atoms with E-state index in [0.717, 1.165) is 0 Å². The van der Waals surface area contributed by atoms with Gasteiger partial charge in [0.15, 0.2) is 0 Å². The van der Waals surface area contributed by atoms with E-state index in [0.29, 0.717) is 0 Å². The van der Waals surface area contributed by atoms with Crippen LogP contribution in [0, 0.1) is 0 Å². The molecule has 0 bridgehead atoms. The second kappa shape index (κ2) is 15.9. The summed E-state index contributed by atoms with van der Waals surface area (Å²) in [5.74, 6) is 0. The van der Waals surface area contributed by atoms with Crippen molar-refractivity contribution >= 4 is 57.1 Å². The van der Waals surface area contributed by atoms with Crippen LogP contribution >= 0.6 is 50.9 Å². The molecule has 0 aliphatic carbocycles. The molecule has 0 aromatic rings. The third-order valence-electron chi connectivity index (χ3n) is 0. The first-order valence-electron chi connectivity index (χ1n) is 0.651. The van der Waals surface area contributed by atoms with Crippen molar-refractivity contribution in [3.63, 3.8) is 0 Å². The largest absolute Gasteiger partial charge is 0.503 e. The fourth-order valence-electron chi connectivity index (χ4n) is 0. The van der Waals surface area contributed by atoms with Crippen molar-refractivity contribution in [1.82, 2.24) is 0 Å². The van der Waals surface area contributed by atoms with Gasteiger partial charge in [-0.15, -0.1) is 50.9 Å². The minimum atomic E-state index is -1.83. The fourth-order valence-corrected chi connectivity index (χ4v) is 0. The number of hydrogen-bond donors (Lipinski definition) is 2. The Morgan fingerprint density at radius 1 is 1.00 bits per heavy atom. The molecule has 0 aromatic heterocycles. The number of halogens is 3. The lowest BCUT2D eigenvalue weighted by Gasteiger charge is -1.60. The maximum absolute atomic E-state index is 8.56. The van der Waals surface area contributed by atoms with Crippen LogP contribution in [0.4, 0.5) is 4.79 Å². The lowest BCUT2D eigenvalue weighted by atomic mass is 11.5. The third kappa shape index (κ3) is 295. The first kappa shape index (κ1) is 25.2. The van der Waals surface area contributed by atoms with Crippen LogP contribution in [0.3, 0.4) is 0 Å². The molecule has 0 fully saturated rings. The Bertz CT molecular complexity index is 33.2. The maximum Gasteiger partial charge on any atom is 0.503 e. The molecule has 0 aromatic carbocycles. The van der Waals surface area contributed by atoms with Crippen molar-refractivity contribution in [2.75, 3.05) is 0 Å². The quantitative estimate of drug-likeness (QED) is 0.719. The van der Waals surface area contributed by atoms with E-state index in [-0.39, 0.29) is 50.9 Å². The molecule has 7 heavy (non-hydrogen) atoms. The van der Waals surface area contributed by atoms with Gasteiger partial charge in [-0.05, 0) is 0 Å². The zero-order valence-electron chi connectivity index (χ0n) is 3.03. The van der Waals surface area contributed by atoms with E-state index >= 15 is 0 Å². The summed E-state index contributed by atoms with van der Waals surface area (Å²) in [5.41, 5.74) is 0. The molecule has 48 valence electrons. The van der Waals surface area contributed by atoms with Gasteiger partial charge in [-0.1, -0.05) is 0 Å². The first-order chi connectivity index (χ1) is 1.73. The van der Waals surface area contributed by atoms with E-state index in [1.54, 1.807) is 0 Å². The van der Waals surface area contributed by atoms with Crippen molar-refractivity contribution in [3.05, 3.63) is 0 Å². The molecular formula is CH5Br3O3. The smallest absolute Gasteiger partial charge is 0.450 e. The van der Waals surface area contributed by atoms with Crippen LogP contribution in [0.15, 0.2) is 0 Å². The van der Waals surface area contributed by atoms with Gasteiger partial charge in [0.25, 0.3) is 0 Å². The highest BCUT2D eigenvalue weighted by Crippen LogP contribution is 1.42. The van der Waals surface area contributed by atoms with E-state index in [1.165, 1.54) is 0 Å². The molecule has 0 unspecified atom stereocenters. The molecule has 0 saturated carbocycles. The highest BCUT2D eigenvalue weighted by atomic mass is 79.9. The predicted octanol–water partition coefficient (Wildman–Crippen LogP) is 1.96. The summed E-state index contributed by atoms with van der Waals surface area (Å²) in [6.45, 7) is 0. The zero-order chi connectivity index (χ0) is 3.58. The lowest BCUT2D eigenvalue weighted by molar-refractivity contribution is 0.137. The molecule has 0 atom stereocenters. The van der Waals surface area contributed by atoms with Crippen LogP contribution in [0.25, 0.3) is 0 Å². The van der Waals surface area contributed by atoms with Crippen molar-refractivity contribution < 1.29 is 15.0 Å². The summed E-state index contributed by atoms with van der Waals surface area (Å²) in [7, 11) is 0. The number of hydrogen-bond acceptors (Lipinski definition) is 1. The number of carbonyl (C=O) groups is 1. The molecule has 2 N–H and O–H groups in total. The molecule has 0 radical (unpaired) electrons. The average molecular weight is 305 g/mol. The lowest BCUT2D eigenvalue weighted by Crippen LogP contribution is -1.81. The van der Waals surface area contributed by atoms with Gasteiger partial charge in [0.05, 0.1) is 0 Å². The van der Waals surface area contributed by atoms with Crippen LogP contribution < -0.4 is 0 Å². The van der Waals surface area contributed by atoms with E-state index in [4.69, 9.17) is 15.0 Å². The van der Waals surface area contributed by atoms with Gasteiger partial charge in [-0.25, -0.2) is 4.79 Å². The second-order valence-corrected chi connectivity index (χ2v) is 0.283. The van der Waals surface area contributed by atoms with E-state index in [9.17, 15) is 0 Å². The standard InChI is InChI=1S/CH2O3.3BrH/c2-1(3)4;;;/h(H2,2,3,4);3*1H. The monoisotopic (exact) mass is 302 g/mol. The summed E-state index contributed by atoms with van der Waals surface area (Å²) in [4.78, 5) is 8.56. The van der Waals surface area contributed by atoms with Crippen molar-refractivity contribution in [3.8, 4) is 0 Å². The van der Waals surface area contributed by atoms with E-state index in [1.807, 2.05) is 0 Å². The molecule has 6 heteroatoms. The summed E-state index contributed by atoms with van der Waals surface area (Å²) in [6.07, 6.45) is -1.83. The zero-order valence-corrected chi connectivity index (χ0v) is 8.17. The second-order valence-electron chi connectivity index (χ2n) is 0.283. The molecule has 0 heterocycles. The minimum Gasteiger partial charge on any atom is -0.450 e. The van der Waals surface area contributed by atoms with Gasteiger partial charge in [-0.2, -0.15) is 0 Å². The third-order valence-corrected chi connectivity index (χ3v) is 0. The Hall–Kier alpha value is 0.710. The summed E-state index contributed by atoms with van der Waals surface area (Å²) < 4.78 is 0. The van der Waals surface area contributed by atoms with E-state index < -0.39 is 6.16 Å². The average Bonchev–Trinajstić information content (AvgIpc) is 0.811. The Balaban J connectivity index is -0.0000000150. The van der Waals surface area contributed by atoms with Gasteiger partial charge < -0.3 is 10.2 Å². The summed E-state index contributed by atoms with van der Waals surface area (Å²) in [6, 6.07) is 0. The predicted molar refractivity (Wildman–Crippen MR) is 41.6 cm³/mol. The van der Waals surface area contributed by atoms with Crippen LogP contribution in [-0.4, -0.2) is 16.4 Å². The van der Waals surface area contributed by atoms with Crippen LogP contribution in [-0.2, 0) is 0 Å². The minimum absolute atomic E-state index is 0. The highest BCUT2D eigenvalue weighted by molar-refractivity contribution is 8.93. The fraction of sp³-hybridized carbons (Fsp3) is 0. The summed E-state index contributed by atoms with van der Waals surface area (Å²) >= 11 is 0. The number of rotatable bonds is 0. The molecular weight excluding hydrogens is 300 g/mol. The van der Waals surface area contributed by atoms with Crippen molar-refractivity contribution in [1.29, 1.82) is 0 Å².